The summed E-state index contributed by atoms with van der Waals surface area (Å²) in [5.41, 5.74) is 2.75. The lowest BCUT2D eigenvalue weighted by Crippen LogP contribution is -2.48. The molecule has 0 radical (unpaired) electrons. The molecule has 2 nitrogen and oxygen atoms in total. The Labute approximate surface area is 109 Å². The normalized spacial score (nSPS) is 26.1. The Hall–Kier alpha value is -0.570. The van der Waals surface area contributed by atoms with Crippen LogP contribution in [0.5, 0.6) is 0 Å². The first-order valence-corrected chi connectivity index (χ1v) is 6.70. The molecular weight excluding hydrogens is 234 g/mol. The molecule has 1 aromatic carbocycles. The maximum atomic E-state index is 5.88. The van der Waals surface area contributed by atoms with E-state index in [4.69, 9.17) is 16.3 Å². The van der Waals surface area contributed by atoms with E-state index in [-0.39, 0.29) is 6.10 Å². The van der Waals surface area contributed by atoms with Gasteiger partial charge in [0.1, 0.15) is 0 Å². The van der Waals surface area contributed by atoms with Crippen molar-refractivity contribution in [3.8, 4) is 0 Å². The molecule has 1 saturated heterocycles. The fraction of sp³-hybridized carbons (Fsp3) is 0.571. The number of halogens is 1. The second-order valence-corrected chi connectivity index (χ2v) is 5.12. The largest absolute Gasteiger partial charge is 0.374 e. The lowest BCUT2D eigenvalue weighted by atomic mass is 10.1. The van der Waals surface area contributed by atoms with Gasteiger partial charge in [-0.15, -0.1) is 11.6 Å². The molecule has 3 heteroatoms. The highest BCUT2D eigenvalue weighted by Gasteiger charge is 2.25. The molecule has 1 aliphatic rings. The van der Waals surface area contributed by atoms with E-state index in [0.29, 0.717) is 11.9 Å². The van der Waals surface area contributed by atoms with Crippen molar-refractivity contribution in [2.75, 3.05) is 19.0 Å². The summed E-state index contributed by atoms with van der Waals surface area (Å²) < 4.78 is 5.66. The number of benzene rings is 1. The Balaban J connectivity index is 2.04. The number of hydrogen-bond acceptors (Lipinski definition) is 2. The Morgan fingerprint density at radius 2 is 2.18 bits per heavy atom. The van der Waals surface area contributed by atoms with Gasteiger partial charge in [-0.05, 0) is 25.0 Å². The average Bonchev–Trinajstić information content (AvgIpc) is 2.35. The van der Waals surface area contributed by atoms with Crippen molar-refractivity contribution in [2.45, 2.75) is 32.5 Å². The van der Waals surface area contributed by atoms with E-state index in [9.17, 15) is 0 Å². The SMILES string of the molecule is Cc1ccccc1CN1CC(CCl)OCC1C. The minimum atomic E-state index is 0.178. The van der Waals surface area contributed by atoms with Crippen LogP contribution < -0.4 is 0 Å². The standard InChI is InChI=1S/C14H20ClNO/c1-11-5-3-4-6-13(11)8-16-9-14(7-15)17-10-12(16)2/h3-6,12,14H,7-10H2,1-2H3. The summed E-state index contributed by atoms with van der Waals surface area (Å²) in [4.78, 5) is 2.46. The maximum Gasteiger partial charge on any atom is 0.0838 e. The van der Waals surface area contributed by atoms with Crippen molar-refractivity contribution in [1.29, 1.82) is 0 Å². The number of nitrogens with zero attached hydrogens (tertiary/aromatic N) is 1. The van der Waals surface area contributed by atoms with Crippen LogP contribution in [0.4, 0.5) is 0 Å². The number of morpholine rings is 1. The second-order valence-electron chi connectivity index (χ2n) is 4.81. The van der Waals surface area contributed by atoms with E-state index in [1.165, 1.54) is 11.1 Å². The van der Waals surface area contributed by atoms with Gasteiger partial charge in [0.2, 0.25) is 0 Å². The molecule has 17 heavy (non-hydrogen) atoms. The molecule has 1 fully saturated rings. The minimum Gasteiger partial charge on any atom is -0.374 e. The summed E-state index contributed by atoms with van der Waals surface area (Å²) in [6, 6.07) is 9.02. The van der Waals surface area contributed by atoms with E-state index >= 15 is 0 Å². The summed E-state index contributed by atoms with van der Waals surface area (Å²) >= 11 is 5.88. The minimum absolute atomic E-state index is 0.178. The van der Waals surface area contributed by atoms with Gasteiger partial charge in [0.05, 0.1) is 12.7 Å². The van der Waals surface area contributed by atoms with Gasteiger partial charge in [-0.1, -0.05) is 24.3 Å². The third-order valence-electron chi connectivity index (χ3n) is 3.44. The number of rotatable bonds is 3. The fourth-order valence-electron chi connectivity index (χ4n) is 2.19. The molecule has 0 aliphatic carbocycles. The summed E-state index contributed by atoms with van der Waals surface area (Å²) in [5.74, 6) is 0.580. The zero-order valence-corrected chi connectivity index (χ0v) is 11.3. The molecule has 2 rings (SSSR count). The van der Waals surface area contributed by atoms with Gasteiger partial charge in [-0.25, -0.2) is 0 Å². The average molecular weight is 254 g/mol. The van der Waals surface area contributed by atoms with Crippen LogP contribution in [0.3, 0.4) is 0 Å². The van der Waals surface area contributed by atoms with Gasteiger partial charge in [-0.2, -0.15) is 0 Å². The quantitative estimate of drug-likeness (QED) is 0.768. The van der Waals surface area contributed by atoms with Gasteiger partial charge >= 0.3 is 0 Å². The second kappa shape index (κ2) is 5.85. The molecule has 94 valence electrons. The van der Waals surface area contributed by atoms with Crippen LogP contribution in [-0.4, -0.2) is 36.1 Å². The lowest BCUT2D eigenvalue weighted by Gasteiger charge is -2.37. The van der Waals surface area contributed by atoms with Gasteiger partial charge in [-0.3, -0.25) is 4.90 Å². The molecular formula is C14H20ClNO. The molecule has 2 unspecified atom stereocenters. The highest BCUT2D eigenvalue weighted by molar-refractivity contribution is 6.18. The predicted molar refractivity (Wildman–Crippen MR) is 71.5 cm³/mol. The lowest BCUT2D eigenvalue weighted by molar-refractivity contribution is -0.0511. The third-order valence-corrected chi connectivity index (χ3v) is 3.79. The number of hydrogen-bond donors (Lipinski definition) is 0. The summed E-state index contributed by atoms with van der Waals surface area (Å²) in [5, 5.41) is 0. The summed E-state index contributed by atoms with van der Waals surface area (Å²) in [7, 11) is 0. The third kappa shape index (κ3) is 3.21. The van der Waals surface area contributed by atoms with Crippen LogP contribution in [0, 0.1) is 6.92 Å². The number of alkyl halides is 1. The van der Waals surface area contributed by atoms with E-state index < -0.39 is 0 Å². The van der Waals surface area contributed by atoms with Gasteiger partial charge in [0.15, 0.2) is 0 Å². The van der Waals surface area contributed by atoms with Crippen LogP contribution in [0.2, 0.25) is 0 Å². The number of aryl methyl sites for hydroxylation is 1. The van der Waals surface area contributed by atoms with Crippen molar-refractivity contribution in [3.05, 3.63) is 35.4 Å². The van der Waals surface area contributed by atoms with E-state index in [1.807, 2.05) is 0 Å². The maximum absolute atomic E-state index is 5.88. The molecule has 0 aromatic heterocycles. The smallest absolute Gasteiger partial charge is 0.0838 e. The number of ether oxygens (including phenoxy) is 1. The summed E-state index contributed by atoms with van der Waals surface area (Å²) in [6.07, 6.45) is 0.178. The highest BCUT2D eigenvalue weighted by atomic mass is 35.5. The molecule has 2 atom stereocenters. The van der Waals surface area contributed by atoms with Gasteiger partial charge in [0, 0.05) is 25.0 Å². The molecule has 1 aromatic rings. The van der Waals surface area contributed by atoms with Crippen molar-refractivity contribution in [2.24, 2.45) is 0 Å². The molecule has 0 N–H and O–H groups in total. The van der Waals surface area contributed by atoms with Crippen LogP contribution in [0.25, 0.3) is 0 Å². The molecule has 0 spiro atoms. The van der Waals surface area contributed by atoms with Crippen molar-refractivity contribution >= 4 is 11.6 Å². The first-order chi connectivity index (χ1) is 8.20. The van der Waals surface area contributed by atoms with Crippen molar-refractivity contribution in [3.63, 3.8) is 0 Å². The van der Waals surface area contributed by atoms with Crippen LogP contribution in [0.15, 0.2) is 24.3 Å². The topological polar surface area (TPSA) is 12.5 Å². The van der Waals surface area contributed by atoms with Crippen LogP contribution in [0.1, 0.15) is 18.1 Å². The Bertz CT molecular complexity index is 369. The van der Waals surface area contributed by atoms with Gasteiger partial charge in [0.25, 0.3) is 0 Å². The molecule has 0 amide bonds. The Morgan fingerprint density at radius 1 is 1.41 bits per heavy atom. The van der Waals surface area contributed by atoms with Crippen LogP contribution >= 0.6 is 11.6 Å². The van der Waals surface area contributed by atoms with Crippen molar-refractivity contribution in [1.82, 2.24) is 4.90 Å². The van der Waals surface area contributed by atoms with Gasteiger partial charge < -0.3 is 4.74 Å². The van der Waals surface area contributed by atoms with E-state index in [0.717, 1.165) is 19.7 Å². The first kappa shape index (κ1) is 12.9. The Morgan fingerprint density at radius 3 is 2.88 bits per heavy atom. The molecule has 1 heterocycles. The fourth-order valence-corrected chi connectivity index (χ4v) is 2.38. The first-order valence-electron chi connectivity index (χ1n) is 6.17. The van der Waals surface area contributed by atoms with E-state index in [2.05, 4.69) is 43.0 Å². The monoisotopic (exact) mass is 253 g/mol. The summed E-state index contributed by atoms with van der Waals surface area (Å²) in [6.45, 7) is 7.08. The van der Waals surface area contributed by atoms with E-state index in [1.54, 1.807) is 0 Å². The highest BCUT2D eigenvalue weighted by Crippen LogP contribution is 2.18. The van der Waals surface area contributed by atoms with Crippen LogP contribution in [-0.2, 0) is 11.3 Å². The Kier molecular flexibility index (Phi) is 4.43. The molecule has 0 bridgehead atoms. The molecule has 0 saturated carbocycles. The zero-order valence-electron chi connectivity index (χ0n) is 10.5. The molecule has 1 aliphatic heterocycles. The predicted octanol–water partition coefficient (Wildman–Crippen LogP) is 2.82. The zero-order chi connectivity index (χ0) is 12.3. The van der Waals surface area contributed by atoms with Crippen molar-refractivity contribution < 1.29 is 4.74 Å².